The van der Waals surface area contributed by atoms with Crippen molar-refractivity contribution in [3.05, 3.63) is 53.6 Å². The first-order valence-electron chi connectivity index (χ1n) is 7.92. The molecule has 1 N–H and O–H groups in total. The Balaban J connectivity index is 1.88. The number of carbonyl (C=O) groups excluding carboxylic acids is 1. The van der Waals surface area contributed by atoms with E-state index in [2.05, 4.69) is 17.5 Å². The highest BCUT2D eigenvalue weighted by Gasteiger charge is 2.07. The zero-order valence-corrected chi connectivity index (χ0v) is 14.6. The van der Waals surface area contributed by atoms with Crippen LogP contribution in [0.4, 0.5) is 0 Å². The summed E-state index contributed by atoms with van der Waals surface area (Å²) in [6, 6.07) is 13.0. The number of nitrogens with one attached hydrogen (secondary N) is 1. The number of hydrazone groups is 1. The summed E-state index contributed by atoms with van der Waals surface area (Å²) in [6.07, 6.45) is 2.46. The van der Waals surface area contributed by atoms with Crippen molar-refractivity contribution in [1.82, 2.24) is 5.43 Å². The molecule has 2 rings (SSSR count). The molecular weight excluding hydrogens is 320 g/mol. The highest BCUT2D eigenvalue weighted by molar-refractivity contribution is 5.86. The molecule has 0 heterocycles. The van der Waals surface area contributed by atoms with Crippen LogP contribution in [0.2, 0.25) is 0 Å². The van der Waals surface area contributed by atoms with Crippen molar-refractivity contribution in [2.45, 2.75) is 13.3 Å². The molecule has 0 aromatic heterocycles. The van der Waals surface area contributed by atoms with E-state index in [0.717, 1.165) is 6.42 Å². The van der Waals surface area contributed by atoms with Gasteiger partial charge in [-0.3, -0.25) is 4.79 Å². The highest BCUT2D eigenvalue weighted by atomic mass is 16.5. The maximum atomic E-state index is 11.8. The van der Waals surface area contributed by atoms with Gasteiger partial charge in [0.25, 0.3) is 5.91 Å². The minimum absolute atomic E-state index is 0.113. The lowest BCUT2D eigenvalue weighted by Crippen LogP contribution is -2.24. The van der Waals surface area contributed by atoms with E-state index in [1.807, 2.05) is 36.4 Å². The summed E-state index contributed by atoms with van der Waals surface area (Å²) in [5.41, 5.74) is 4.33. The van der Waals surface area contributed by atoms with Crippen molar-refractivity contribution in [2.24, 2.45) is 5.10 Å². The average Bonchev–Trinajstić information content (AvgIpc) is 2.66. The molecule has 2 aromatic carbocycles. The minimum Gasteiger partial charge on any atom is -0.493 e. The Bertz CT molecular complexity index is 727. The molecule has 25 heavy (non-hydrogen) atoms. The molecule has 0 saturated heterocycles. The second-order valence-electron chi connectivity index (χ2n) is 5.16. The largest absolute Gasteiger partial charge is 0.493 e. The van der Waals surface area contributed by atoms with E-state index in [0.29, 0.717) is 22.8 Å². The van der Waals surface area contributed by atoms with Crippen LogP contribution in [0.15, 0.2) is 47.6 Å². The summed E-state index contributed by atoms with van der Waals surface area (Å²) >= 11 is 0. The van der Waals surface area contributed by atoms with Crippen LogP contribution in [0, 0.1) is 0 Å². The number of hydrogen-bond donors (Lipinski definition) is 1. The molecule has 132 valence electrons. The van der Waals surface area contributed by atoms with Gasteiger partial charge in [0.1, 0.15) is 5.75 Å². The maximum Gasteiger partial charge on any atom is 0.277 e. The van der Waals surface area contributed by atoms with Gasteiger partial charge in [0.05, 0.1) is 20.4 Å². The monoisotopic (exact) mass is 342 g/mol. The second kappa shape index (κ2) is 9.32. The van der Waals surface area contributed by atoms with Gasteiger partial charge < -0.3 is 14.2 Å². The predicted molar refractivity (Wildman–Crippen MR) is 96.6 cm³/mol. The molecule has 0 radical (unpaired) electrons. The molecule has 6 nitrogen and oxygen atoms in total. The highest BCUT2D eigenvalue weighted by Crippen LogP contribution is 2.29. The van der Waals surface area contributed by atoms with Gasteiger partial charge in [0.15, 0.2) is 18.1 Å². The third-order valence-corrected chi connectivity index (χ3v) is 3.53. The van der Waals surface area contributed by atoms with Crippen molar-refractivity contribution < 1.29 is 19.0 Å². The number of para-hydroxylation sites is 1. The third kappa shape index (κ3) is 5.24. The molecule has 0 aliphatic rings. The Morgan fingerprint density at radius 2 is 1.88 bits per heavy atom. The topological polar surface area (TPSA) is 69.2 Å². The van der Waals surface area contributed by atoms with Gasteiger partial charge in [-0.1, -0.05) is 25.1 Å². The quantitative estimate of drug-likeness (QED) is 0.592. The van der Waals surface area contributed by atoms with E-state index in [1.54, 1.807) is 20.3 Å². The number of ether oxygens (including phenoxy) is 3. The first kappa shape index (κ1) is 18.3. The molecule has 0 atom stereocenters. The van der Waals surface area contributed by atoms with Crippen molar-refractivity contribution in [2.75, 3.05) is 20.8 Å². The second-order valence-corrected chi connectivity index (χ2v) is 5.16. The zero-order chi connectivity index (χ0) is 18.1. The van der Waals surface area contributed by atoms with Crippen molar-refractivity contribution in [1.29, 1.82) is 0 Å². The molecule has 0 fully saturated rings. The summed E-state index contributed by atoms with van der Waals surface area (Å²) in [5.74, 6) is 1.44. The van der Waals surface area contributed by atoms with E-state index < -0.39 is 0 Å². The Morgan fingerprint density at radius 3 is 2.52 bits per heavy atom. The van der Waals surface area contributed by atoms with Gasteiger partial charge >= 0.3 is 0 Å². The third-order valence-electron chi connectivity index (χ3n) is 3.53. The van der Waals surface area contributed by atoms with Crippen LogP contribution in [0.3, 0.4) is 0 Å². The van der Waals surface area contributed by atoms with E-state index in [-0.39, 0.29) is 12.5 Å². The Morgan fingerprint density at radius 1 is 1.12 bits per heavy atom. The molecule has 0 spiro atoms. The number of hydrogen-bond acceptors (Lipinski definition) is 5. The number of rotatable bonds is 8. The lowest BCUT2D eigenvalue weighted by atomic mass is 10.2. The average molecular weight is 342 g/mol. The summed E-state index contributed by atoms with van der Waals surface area (Å²) in [4.78, 5) is 11.8. The Kier molecular flexibility index (Phi) is 6.83. The number of benzene rings is 2. The molecule has 6 heteroatoms. The molecule has 2 aromatic rings. The van der Waals surface area contributed by atoms with Crippen LogP contribution >= 0.6 is 0 Å². The SMILES string of the molecule is CCc1ccc(OCC(=O)N/N=C/c2cccc(OC)c2OC)cc1. The van der Waals surface area contributed by atoms with Gasteiger partial charge in [0, 0.05) is 5.56 Å². The number of nitrogens with zero attached hydrogens (tertiary/aromatic N) is 1. The molecule has 0 bridgehead atoms. The molecule has 0 aliphatic heterocycles. The van der Waals surface area contributed by atoms with E-state index >= 15 is 0 Å². The van der Waals surface area contributed by atoms with Gasteiger partial charge in [-0.2, -0.15) is 5.10 Å². The Labute approximate surface area is 147 Å². The normalized spacial score (nSPS) is 10.5. The molecule has 0 unspecified atom stereocenters. The van der Waals surface area contributed by atoms with Crippen molar-refractivity contribution in [3.8, 4) is 17.2 Å². The maximum absolute atomic E-state index is 11.8. The van der Waals surface area contributed by atoms with Gasteiger partial charge in [-0.15, -0.1) is 0 Å². The van der Waals surface area contributed by atoms with Crippen LogP contribution in [-0.2, 0) is 11.2 Å². The lowest BCUT2D eigenvalue weighted by molar-refractivity contribution is -0.123. The van der Waals surface area contributed by atoms with Gasteiger partial charge in [-0.05, 0) is 36.2 Å². The van der Waals surface area contributed by atoms with E-state index in [4.69, 9.17) is 14.2 Å². The summed E-state index contributed by atoms with van der Waals surface area (Å²) in [7, 11) is 3.11. The van der Waals surface area contributed by atoms with Gasteiger partial charge in [0.2, 0.25) is 0 Å². The lowest BCUT2D eigenvalue weighted by Gasteiger charge is -2.09. The fraction of sp³-hybridized carbons (Fsp3) is 0.263. The van der Waals surface area contributed by atoms with Crippen LogP contribution in [-0.4, -0.2) is 32.9 Å². The van der Waals surface area contributed by atoms with Crippen molar-refractivity contribution >= 4 is 12.1 Å². The smallest absolute Gasteiger partial charge is 0.277 e. The first-order chi connectivity index (χ1) is 12.2. The van der Waals surface area contributed by atoms with Crippen LogP contribution < -0.4 is 19.6 Å². The summed E-state index contributed by atoms with van der Waals surface area (Å²) < 4.78 is 15.9. The molecule has 0 aliphatic carbocycles. The number of methoxy groups -OCH3 is 2. The summed E-state index contributed by atoms with van der Waals surface area (Å²) in [6.45, 7) is 1.97. The fourth-order valence-corrected chi connectivity index (χ4v) is 2.19. The van der Waals surface area contributed by atoms with E-state index in [9.17, 15) is 4.79 Å². The van der Waals surface area contributed by atoms with Crippen LogP contribution in [0.5, 0.6) is 17.2 Å². The van der Waals surface area contributed by atoms with E-state index in [1.165, 1.54) is 11.8 Å². The standard InChI is InChI=1S/C19H22N2O4/c1-4-14-8-10-16(11-9-14)25-13-18(22)21-20-12-15-6-5-7-17(23-2)19(15)24-3/h5-12H,4,13H2,1-3H3,(H,21,22)/b20-12+. The predicted octanol–water partition coefficient (Wildman–Crippen LogP) is 2.80. The molecular formula is C19H22N2O4. The first-order valence-corrected chi connectivity index (χ1v) is 7.92. The molecule has 0 saturated carbocycles. The van der Waals surface area contributed by atoms with Gasteiger partial charge in [-0.25, -0.2) is 5.43 Å². The zero-order valence-electron chi connectivity index (χ0n) is 14.6. The van der Waals surface area contributed by atoms with Crippen LogP contribution in [0.25, 0.3) is 0 Å². The Hall–Kier alpha value is -3.02. The van der Waals surface area contributed by atoms with Crippen molar-refractivity contribution in [3.63, 3.8) is 0 Å². The van der Waals surface area contributed by atoms with Crippen LogP contribution in [0.1, 0.15) is 18.1 Å². The summed E-state index contributed by atoms with van der Waals surface area (Å²) in [5, 5.41) is 3.93. The number of aryl methyl sites for hydroxylation is 1. The number of amides is 1. The molecule has 1 amide bonds. The number of carbonyl (C=O) groups is 1. The minimum atomic E-state index is -0.349. The fourth-order valence-electron chi connectivity index (χ4n) is 2.19.